The van der Waals surface area contributed by atoms with Crippen molar-refractivity contribution >= 4 is 35.5 Å². The molecule has 0 fully saturated rings. The molecule has 0 amide bonds. The average molecular weight is 127 g/mol. The van der Waals surface area contributed by atoms with Gasteiger partial charge < -0.3 is 10.4 Å². The second-order valence-electron chi connectivity index (χ2n) is 1.17. The maximum absolute atomic E-state index is 9.70. The molecule has 0 heterocycles. The van der Waals surface area contributed by atoms with E-state index >= 15 is 0 Å². The van der Waals surface area contributed by atoms with Crippen molar-refractivity contribution in [1.82, 2.24) is 5.32 Å². The van der Waals surface area contributed by atoms with Gasteiger partial charge in [0.05, 0.1) is 6.54 Å². The summed E-state index contributed by atoms with van der Waals surface area (Å²) in [7, 11) is 0. The van der Waals surface area contributed by atoms with Crippen LogP contribution in [0.3, 0.4) is 0 Å². The molecule has 3 nitrogen and oxygen atoms in total. The number of carboxylic acid groups (broad SMARTS) is 1. The molecule has 0 aliphatic rings. The Kier molecular flexibility index (Phi) is 10.5. The molecular formula is C4H10NNaO2. The van der Waals surface area contributed by atoms with Crippen molar-refractivity contribution in [3.8, 4) is 0 Å². The third-order valence-corrected chi connectivity index (χ3v) is 0.526. The van der Waals surface area contributed by atoms with Crippen molar-refractivity contribution in [2.24, 2.45) is 0 Å². The summed E-state index contributed by atoms with van der Waals surface area (Å²) in [5.74, 6) is -0.804. The van der Waals surface area contributed by atoms with Crippen molar-refractivity contribution in [3.05, 3.63) is 0 Å². The van der Waals surface area contributed by atoms with E-state index in [1.165, 1.54) is 0 Å². The number of nitrogens with one attached hydrogen (secondary N) is 1. The Morgan fingerprint density at radius 3 is 2.38 bits per heavy atom. The second-order valence-corrected chi connectivity index (χ2v) is 1.17. The quantitative estimate of drug-likeness (QED) is 0.480. The first-order valence-corrected chi connectivity index (χ1v) is 2.20. The Bertz CT molecular complexity index is 67.1. The average Bonchev–Trinajstić information content (AvgIpc) is 1.61. The standard InChI is InChI=1S/C4H9NO2.Na.H/c1-2-5-3-4(6)7;;/h5H,2-3H2,1H3,(H,6,7);;. The number of likely N-dealkylation sites (N-methyl/N-ethyl adjacent to an activating group) is 1. The van der Waals surface area contributed by atoms with E-state index in [1.807, 2.05) is 6.92 Å². The maximum atomic E-state index is 9.70. The second kappa shape index (κ2) is 7.43. The van der Waals surface area contributed by atoms with Crippen LogP contribution in [0.15, 0.2) is 0 Å². The SMILES string of the molecule is CCNCC(=O)O.[NaH]. The van der Waals surface area contributed by atoms with E-state index in [2.05, 4.69) is 5.32 Å². The molecule has 0 saturated heterocycles. The van der Waals surface area contributed by atoms with Crippen LogP contribution in [0.25, 0.3) is 0 Å². The summed E-state index contributed by atoms with van der Waals surface area (Å²) in [4.78, 5) is 9.70. The van der Waals surface area contributed by atoms with Crippen LogP contribution in [-0.2, 0) is 4.79 Å². The summed E-state index contributed by atoms with van der Waals surface area (Å²) < 4.78 is 0. The molecule has 0 aromatic carbocycles. The van der Waals surface area contributed by atoms with Gasteiger partial charge in [-0.3, -0.25) is 4.79 Å². The minimum atomic E-state index is -0.804. The van der Waals surface area contributed by atoms with Crippen LogP contribution in [-0.4, -0.2) is 53.7 Å². The molecule has 0 rings (SSSR count). The van der Waals surface area contributed by atoms with Gasteiger partial charge in [0.15, 0.2) is 0 Å². The van der Waals surface area contributed by atoms with E-state index in [9.17, 15) is 4.79 Å². The van der Waals surface area contributed by atoms with Gasteiger partial charge in [-0.15, -0.1) is 0 Å². The molecule has 0 aromatic rings. The van der Waals surface area contributed by atoms with Crippen molar-refractivity contribution in [1.29, 1.82) is 0 Å². The number of hydrogen-bond donors (Lipinski definition) is 2. The topological polar surface area (TPSA) is 49.3 Å². The zero-order valence-electron chi connectivity index (χ0n) is 4.27. The molecule has 0 aromatic heterocycles. The molecule has 0 radical (unpaired) electrons. The zero-order chi connectivity index (χ0) is 5.70. The number of hydrogen-bond acceptors (Lipinski definition) is 2. The molecule has 4 heteroatoms. The Morgan fingerprint density at radius 2 is 2.25 bits per heavy atom. The molecule has 0 bridgehead atoms. The van der Waals surface area contributed by atoms with Crippen LogP contribution in [0.2, 0.25) is 0 Å². The van der Waals surface area contributed by atoms with E-state index < -0.39 is 5.97 Å². The van der Waals surface area contributed by atoms with Gasteiger partial charge in [-0.2, -0.15) is 0 Å². The van der Waals surface area contributed by atoms with Gasteiger partial charge in [0.1, 0.15) is 0 Å². The predicted molar refractivity (Wildman–Crippen MR) is 33.3 cm³/mol. The van der Waals surface area contributed by atoms with E-state index in [-0.39, 0.29) is 36.1 Å². The van der Waals surface area contributed by atoms with Gasteiger partial charge in [-0.1, -0.05) is 6.92 Å². The van der Waals surface area contributed by atoms with E-state index in [4.69, 9.17) is 5.11 Å². The molecule has 0 aliphatic carbocycles. The molecule has 0 saturated carbocycles. The van der Waals surface area contributed by atoms with Crippen molar-refractivity contribution < 1.29 is 9.90 Å². The minimum absolute atomic E-state index is 0. The number of aliphatic carboxylic acids is 1. The van der Waals surface area contributed by atoms with Gasteiger partial charge in [0.25, 0.3) is 0 Å². The normalized spacial score (nSPS) is 7.62. The summed E-state index contributed by atoms with van der Waals surface area (Å²) in [6.45, 7) is 2.64. The first-order chi connectivity index (χ1) is 3.27. The zero-order valence-corrected chi connectivity index (χ0v) is 4.27. The summed E-state index contributed by atoms with van der Waals surface area (Å²) in [6.07, 6.45) is 0. The van der Waals surface area contributed by atoms with Crippen molar-refractivity contribution in [2.45, 2.75) is 6.92 Å². The number of rotatable bonds is 3. The Hall–Kier alpha value is 0.430. The van der Waals surface area contributed by atoms with Crippen molar-refractivity contribution in [2.75, 3.05) is 13.1 Å². The van der Waals surface area contributed by atoms with Crippen LogP contribution in [0.5, 0.6) is 0 Å². The Labute approximate surface area is 70.8 Å². The summed E-state index contributed by atoms with van der Waals surface area (Å²) in [6, 6.07) is 0. The predicted octanol–water partition coefficient (Wildman–Crippen LogP) is -0.968. The van der Waals surface area contributed by atoms with Gasteiger partial charge in [0, 0.05) is 0 Å². The molecule has 8 heavy (non-hydrogen) atoms. The summed E-state index contributed by atoms with van der Waals surface area (Å²) in [5.41, 5.74) is 0. The Morgan fingerprint density at radius 1 is 1.75 bits per heavy atom. The van der Waals surface area contributed by atoms with Crippen LogP contribution >= 0.6 is 0 Å². The third-order valence-electron chi connectivity index (χ3n) is 0.526. The molecule has 0 atom stereocenters. The number of carbonyl (C=O) groups is 1. The van der Waals surface area contributed by atoms with Crippen LogP contribution in [0.1, 0.15) is 6.92 Å². The molecule has 44 valence electrons. The fraction of sp³-hybridized carbons (Fsp3) is 0.750. The fourth-order valence-corrected chi connectivity index (χ4v) is 0.232. The van der Waals surface area contributed by atoms with Gasteiger partial charge in [-0.05, 0) is 6.54 Å². The molecular weight excluding hydrogens is 117 g/mol. The van der Waals surface area contributed by atoms with Gasteiger partial charge >= 0.3 is 35.5 Å². The summed E-state index contributed by atoms with van der Waals surface area (Å²) >= 11 is 0. The van der Waals surface area contributed by atoms with E-state index in [1.54, 1.807) is 0 Å². The molecule has 0 unspecified atom stereocenters. The van der Waals surface area contributed by atoms with Crippen molar-refractivity contribution in [3.63, 3.8) is 0 Å². The fourth-order valence-electron chi connectivity index (χ4n) is 0.232. The Balaban J connectivity index is 0. The number of carboxylic acids is 1. The monoisotopic (exact) mass is 127 g/mol. The van der Waals surface area contributed by atoms with E-state index in [0.29, 0.717) is 6.54 Å². The van der Waals surface area contributed by atoms with Crippen LogP contribution < -0.4 is 5.32 Å². The van der Waals surface area contributed by atoms with Crippen LogP contribution in [0.4, 0.5) is 0 Å². The molecule has 0 spiro atoms. The summed E-state index contributed by atoms with van der Waals surface area (Å²) in [5, 5.41) is 10.6. The first kappa shape index (κ1) is 11.3. The van der Waals surface area contributed by atoms with Crippen LogP contribution in [0, 0.1) is 0 Å². The molecule has 2 N–H and O–H groups in total. The van der Waals surface area contributed by atoms with Gasteiger partial charge in [-0.25, -0.2) is 0 Å². The van der Waals surface area contributed by atoms with Gasteiger partial charge in [0.2, 0.25) is 0 Å². The third kappa shape index (κ3) is 9.66. The molecule has 0 aliphatic heterocycles. The van der Waals surface area contributed by atoms with E-state index in [0.717, 1.165) is 0 Å². The first-order valence-electron chi connectivity index (χ1n) is 2.20.